The number of carbonyl (C=O) groups is 1. The van der Waals surface area contributed by atoms with Gasteiger partial charge in [0.15, 0.2) is 10.4 Å². The van der Waals surface area contributed by atoms with Gasteiger partial charge in [0.05, 0.1) is 0 Å². The van der Waals surface area contributed by atoms with Crippen LogP contribution in [0.15, 0.2) is 51.7 Å². The van der Waals surface area contributed by atoms with Crippen molar-refractivity contribution < 1.29 is 9.21 Å². The van der Waals surface area contributed by atoms with Crippen LogP contribution in [0.5, 0.6) is 0 Å². The van der Waals surface area contributed by atoms with Gasteiger partial charge in [-0.3, -0.25) is 4.79 Å². The number of furan rings is 1. The van der Waals surface area contributed by atoms with Crippen molar-refractivity contribution >= 4 is 27.2 Å². The van der Waals surface area contributed by atoms with Crippen molar-refractivity contribution in [1.29, 1.82) is 0 Å². The van der Waals surface area contributed by atoms with Gasteiger partial charge in [0, 0.05) is 11.7 Å². The highest BCUT2D eigenvalue weighted by atomic mass is 79.9. The molecule has 0 fully saturated rings. The fourth-order valence-electron chi connectivity index (χ4n) is 2.10. The molecular formula is C14H10BrNO2. The third-order valence-corrected chi connectivity index (χ3v) is 3.31. The van der Waals surface area contributed by atoms with E-state index in [0.29, 0.717) is 16.1 Å². The minimum Gasteiger partial charge on any atom is -0.446 e. The van der Waals surface area contributed by atoms with E-state index in [-0.39, 0.29) is 5.78 Å². The molecule has 0 aliphatic rings. The molecule has 0 aliphatic carbocycles. The minimum atomic E-state index is -0.107. The van der Waals surface area contributed by atoms with Crippen LogP contribution in [0, 0.1) is 6.92 Å². The molecular weight excluding hydrogens is 294 g/mol. The molecule has 3 nitrogen and oxygen atoms in total. The first-order chi connectivity index (χ1) is 8.66. The number of rotatable bonds is 2. The van der Waals surface area contributed by atoms with Crippen molar-refractivity contribution in [3.63, 3.8) is 0 Å². The molecule has 0 spiro atoms. The van der Waals surface area contributed by atoms with Crippen molar-refractivity contribution in [3.8, 4) is 0 Å². The first kappa shape index (κ1) is 11.3. The second-order valence-corrected chi connectivity index (χ2v) is 4.89. The van der Waals surface area contributed by atoms with Gasteiger partial charge in [-0.2, -0.15) is 0 Å². The molecule has 0 amide bonds. The molecule has 4 heteroatoms. The maximum Gasteiger partial charge on any atom is 0.245 e. The Kier molecular flexibility index (Phi) is 2.59. The first-order valence-corrected chi connectivity index (χ1v) is 6.33. The number of hydrogen-bond donors (Lipinski definition) is 0. The monoisotopic (exact) mass is 303 g/mol. The summed E-state index contributed by atoms with van der Waals surface area (Å²) in [6.07, 6.45) is 1.88. The number of halogens is 1. The topological polar surface area (TPSA) is 34.6 Å². The van der Waals surface area contributed by atoms with Crippen LogP contribution in [0.25, 0.3) is 5.52 Å². The summed E-state index contributed by atoms with van der Waals surface area (Å²) in [5, 5.41) is 0. The Balaban J connectivity index is 2.20. The molecule has 3 heterocycles. The third-order valence-electron chi connectivity index (χ3n) is 2.88. The van der Waals surface area contributed by atoms with Gasteiger partial charge >= 0.3 is 0 Å². The number of ketones is 1. The smallest absolute Gasteiger partial charge is 0.245 e. The van der Waals surface area contributed by atoms with Gasteiger partial charge in [0.1, 0.15) is 5.69 Å². The molecule has 0 N–H and O–H groups in total. The predicted molar refractivity (Wildman–Crippen MR) is 72.0 cm³/mol. The molecule has 3 aromatic heterocycles. The van der Waals surface area contributed by atoms with E-state index in [0.717, 1.165) is 11.1 Å². The molecule has 0 aromatic carbocycles. The van der Waals surface area contributed by atoms with Gasteiger partial charge in [0.25, 0.3) is 0 Å². The maximum atomic E-state index is 12.4. The molecule has 3 rings (SSSR count). The van der Waals surface area contributed by atoms with Crippen molar-refractivity contribution in [2.45, 2.75) is 6.92 Å². The van der Waals surface area contributed by atoms with Crippen LogP contribution in [0.2, 0.25) is 0 Å². The Hall–Kier alpha value is -1.81. The molecule has 3 aromatic rings. The number of pyridine rings is 1. The average molecular weight is 304 g/mol. The number of carbonyl (C=O) groups excluding carboxylic acids is 1. The summed E-state index contributed by atoms with van der Waals surface area (Å²) in [4.78, 5) is 12.4. The molecule has 0 saturated heterocycles. The number of hydrogen-bond acceptors (Lipinski definition) is 2. The third kappa shape index (κ3) is 1.69. The van der Waals surface area contributed by atoms with Crippen molar-refractivity contribution in [2.75, 3.05) is 0 Å². The molecule has 18 heavy (non-hydrogen) atoms. The first-order valence-electron chi connectivity index (χ1n) is 5.53. The van der Waals surface area contributed by atoms with Crippen LogP contribution < -0.4 is 0 Å². The summed E-state index contributed by atoms with van der Waals surface area (Å²) in [7, 11) is 0. The van der Waals surface area contributed by atoms with Gasteiger partial charge in [-0.1, -0.05) is 6.07 Å². The second kappa shape index (κ2) is 4.14. The molecule has 0 unspecified atom stereocenters. The zero-order chi connectivity index (χ0) is 12.7. The fraction of sp³-hybridized carbons (Fsp3) is 0.0714. The van der Waals surface area contributed by atoms with Crippen LogP contribution in [0.3, 0.4) is 0 Å². The van der Waals surface area contributed by atoms with E-state index in [1.807, 2.05) is 41.8 Å². The van der Waals surface area contributed by atoms with Crippen LogP contribution in [-0.4, -0.2) is 10.2 Å². The lowest BCUT2D eigenvalue weighted by molar-refractivity contribution is 0.100. The average Bonchev–Trinajstić information content (AvgIpc) is 2.91. The number of fused-ring (bicyclic) bond motifs is 1. The van der Waals surface area contributed by atoms with Gasteiger partial charge < -0.3 is 8.82 Å². The molecule has 0 saturated carbocycles. The van der Waals surface area contributed by atoms with E-state index in [1.54, 1.807) is 12.1 Å². The minimum absolute atomic E-state index is 0.107. The highest BCUT2D eigenvalue weighted by Crippen LogP contribution is 2.22. The highest BCUT2D eigenvalue weighted by molar-refractivity contribution is 9.10. The second-order valence-electron chi connectivity index (χ2n) is 4.10. The summed E-state index contributed by atoms with van der Waals surface area (Å²) in [6.45, 7) is 1.93. The maximum absolute atomic E-state index is 12.4. The fourth-order valence-corrected chi connectivity index (χ4v) is 2.41. The molecule has 0 radical (unpaired) electrons. The van der Waals surface area contributed by atoms with Gasteiger partial charge in [-0.05, 0) is 58.7 Å². The Bertz CT molecular complexity index is 739. The summed E-state index contributed by atoms with van der Waals surface area (Å²) in [6, 6.07) is 11.2. The normalized spacial score (nSPS) is 11.0. The van der Waals surface area contributed by atoms with Crippen molar-refractivity contribution in [2.24, 2.45) is 0 Å². The van der Waals surface area contributed by atoms with Gasteiger partial charge in [-0.15, -0.1) is 0 Å². The molecule has 0 atom stereocenters. The quantitative estimate of drug-likeness (QED) is 0.674. The molecule has 90 valence electrons. The van der Waals surface area contributed by atoms with E-state index < -0.39 is 0 Å². The largest absolute Gasteiger partial charge is 0.446 e. The molecule has 0 bridgehead atoms. The van der Waals surface area contributed by atoms with E-state index in [1.165, 1.54) is 0 Å². The van der Waals surface area contributed by atoms with Crippen LogP contribution >= 0.6 is 15.9 Å². The van der Waals surface area contributed by atoms with Crippen molar-refractivity contribution in [3.05, 3.63) is 64.3 Å². The van der Waals surface area contributed by atoms with E-state index in [9.17, 15) is 4.79 Å². The summed E-state index contributed by atoms with van der Waals surface area (Å²) in [5.41, 5.74) is 2.59. The Morgan fingerprint density at radius 2 is 2.11 bits per heavy atom. The molecule has 0 aliphatic heterocycles. The summed E-state index contributed by atoms with van der Waals surface area (Å²) < 4.78 is 7.77. The lowest BCUT2D eigenvalue weighted by Crippen LogP contribution is -2.05. The Labute approximate surface area is 112 Å². The van der Waals surface area contributed by atoms with Gasteiger partial charge in [0.2, 0.25) is 5.78 Å². The lowest BCUT2D eigenvalue weighted by atomic mass is 10.1. The van der Waals surface area contributed by atoms with Crippen molar-refractivity contribution in [1.82, 2.24) is 4.40 Å². The lowest BCUT2D eigenvalue weighted by Gasteiger charge is -2.01. The zero-order valence-electron chi connectivity index (χ0n) is 9.68. The number of aryl methyl sites for hydroxylation is 1. The zero-order valence-corrected chi connectivity index (χ0v) is 11.3. The standard InChI is InChI=1S/C14H10BrNO2/c1-9-8-10-4-2-3-7-16(10)13(9)14(17)11-5-6-12(15)18-11/h2-8H,1H3. The van der Waals surface area contributed by atoms with Crippen LogP contribution in [0.4, 0.5) is 0 Å². The van der Waals surface area contributed by atoms with Gasteiger partial charge in [-0.25, -0.2) is 0 Å². The number of aromatic nitrogens is 1. The highest BCUT2D eigenvalue weighted by Gasteiger charge is 2.19. The number of nitrogens with zero attached hydrogens (tertiary/aromatic N) is 1. The summed E-state index contributed by atoms with van der Waals surface area (Å²) in [5.74, 6) is 0.234. The van der Waals surface area contributed by atoms with Crippen LogP contribution in [-0.2, 0) is 0 Å². The Morgan fingerprint density at radius 3 is 2.83 bits per heavy atom. The summed E-state index contributed by atoms with van der Waals surface area (Å²) >= 11 is 3.21. The van der Waals surface area contributed by atoms with E-state index in [2.05, 4.69) is 15.9 Å². The SMILES string of the molecule is Cc1cc2ccccn2c1C(=O)c1ccc(Br)o1. The van der Waals surface area contributed by atoms with E-state index in [4.69, 9.17) is 4.42 Å². The van der Waals surface area contributed by atoms with Crippen LogP contribution in [0.1, 0.15) is 21.8 Å². The predicted octanol–water partition coefficient (Wildman–Crippen LogP) is 3.83. The van der Waals surface area contributed by atoms with E-state index >= 15 is 0 Å². The Morgan fingerprint density at radius 1 is 1.28 bits per heavy atom.